The van der Waals surface area contributed by atoms with Gasteiger partial charge in [-0.15, -0.1) is 0 Å². The Bertz CT molecular complexity index is 1860. The van der Waals surface area contributed by atoms with Crippen LogP contribution in [0.2, 0.25) is 0 Å². The molecular weight excluding hydrogens is 873 g/mol. The number of amides is 1. The number of carbonyl (C=O) groups excluding carboxylic acids is 1. The first-order valence-electron chi connectivity index (χ1n) is 27.1. The molecule has 7 atom stereocenters. The number of hydrazine groups is 1. The zero-order chi connectivity index (χ0) is 48.3. The Balaban J connectivity index is 0.615. The summed E-state index contributed by atoms with van der Waals surface area (Å²) < 4.78 is 19.1. The molecule has 8 fully saturated rings. The number of nitriles is 1. The molecule has 7 saturated heterocycles. The molecule has 0 aromatic heterocycles. The molecule has 1 aliphatic carbocycles. The van der Waals surface area contributed by atoms with Crippen LogP contribution in [0.1, 0.15) is 110 Å². The highest BCUT2D eigenvalue weighted by Crippen LogP contribution is 2.55. The summed E-state index contributed by atoms with van der Waals surface area (Å²) in [6.07, 6.45) is 12.4. The molecule has 0 bridgehead atoms. The molecule has 8 aliphatic rings. The van der Waals surface area contributed by atoms with Crippen molar-refractivity contribution in [2.24, 2.45) is 28.6 Å². The summed E-state index contributed by atoms with van der Waals surface area (Å²) in [6.45, 7) is 24.0. The van der Waals surface area contributed by atoms with E-state index in [1.54, 1.807) is 0 Å². The van der Waals surface area contributed by atoms with Gasteiger partial charge in [0.1, 0.15) is 24.4 Å². The Kier molecular flexibility index (Phi) is 16.9. The van der Waals surface area contributed by atoms with Gasteiger partial charge in [0.2, 0.25) is 5.91 Å². The molecular formula is C52H88N12O5. The van der Waals surface area contributed by atoms with E-state index in [1.165, 1.54) is 19.3 Å². The van der Waals surface area contributed by atoms with E-state index in [-0.39, 0.29) is 60.1 Å². The number of likely N-dealkylation sites (tertiary alicyclic amines) is 3. The van der Waals surface area contributed by atoms with Crippen LogP contribution in [0.5, 0.6) is 5.75 Å². The van der Waals surface area contributed by atoms with E-state index < -0.39 is 0 Å². The second kappa shape index (κ2) is 22.7. The van der Waals surface area contributed by atoms with Gasteiger partial charge in [-0.1, -0.05) is 41.0 Å². The number of hydrogen-bond donors (Lipinski definition) is 8. The third kappa shape index (κ3) is 11.5. The van der Waals surface area contributed by atoms with Crippen LogP contribution < -0.4 is 42.1 Å². The standard InChI is InChI=1S/C52H88N12O5/c1-7-36-31-58-64-43(25-44(59-46(36)64)63-18-9-8-10-39(63)17-21-65)54-27-35-11-14-45(55-28-35)68-23-22-67-41-15-19-61(20-16-41)40-32-62(33-40)50-56-29-38(30-57-50)47(66)60-48-51(3,4)49(52(48,5)6)69-42-13-12-37(26-53)34(2)24-42/h12-13,24,35-36,38-41,43-46,48-50,54-59,65H,7-11,14-23,25,27-33H2,1-6H3,(H,60,66)/t35?,36?,38?,39-,43?,44?,45?,46?,48?,49?,50?/m0/s1. The molecule has 1 amide bonds. The highest BCUT2D eigenvalue weighted by molar-refractivity contribution is 5.80. The Morgan fingerprint density at radius 2 is 1.70 bits per heavy atom. The van der Waals surface area contributed by atoms with E-state index >= 15 is 0 Å². The number of aliphatic hydroxyl groups is 1. The fraction of sp³-hybridized carbons (Fsp3) is 0.846. The molecule has 0 radical (unpaired) electrons. The molecule has 0 spiro atoms. The molecule has 17 nitrogen and oxygen atoms in total. The van der Waals surface area contributed by atoms with Gasteiger partial charge in [0.25, 0.3) is 0 Å². The fourth-order valence-corrected chi connectivity index (χ4v) is 13.8. The summed E-state index contributed by atoms with van der Waals surface area (Å²) in [5.41, 5.74) is 4.78. The quantitative estimate of drug-likeness (QED) is 0.100. The third-order valence-corrected chi connectivity index (χ3v) is 17.8. The molecule has 69 heavy (non-hydrogen) atoms. The summed E-state index contributed by atoms with van der Waals surface area (Å²) >= 11 is 0. The first-order chi connectivity index (χ1) is 33.4. The third-order valence-electron chi connectivity index (χ3n) is 17.8. The van der Waals surface area contributed by atoms with Crippen molar-refractivity contribution in [3.8, 4) is 11.8 Å². The van der Waals surface area contributed by atoms with Crippen molar-refractivity contribution in [2.45, 2.75) is 167 Å². The zero-order valence-corrected chi connectivity index (χ0v) is 42.8. The summed E-state index contributed by atoms with van der Waals surface area (Å²) in [5.74, 6) is 1.87. The van der Waals surface area contributed by atoms with Crippen molar-refractivity contribution in [3.05, 3.63) is 29.3 Å². The van der Waals surface area contributed by atoms with Crippen molar-refractivity contribution >= 4 is 5.91 Å². The van der Waals surface area contributed by atoms with Gasteiger partial charge in [0.15, 0.2) is 0 Å². The molecule has 9 rings (SSSR count). The Morgan fingerprint density at radius 3 is 2.39 bits per heavy atom. The Hall–Kier alpha value is -2.54. The minimum Gasteiger partial charge on any atom is -0.489 e. The lowest BCUT2D eigenvalue weighted by Gasteiger charge is -2.63. The number of fused-ring (bicyclic) bond motifs is 1. The monoisotopic (exact) mass is 961 g/mol. The number of rotatable bonds is 18. The van der Waals surface area contributed by atoms with Gasteiger partial charge in [-0.05, 0) is 94.5 Å². The Labute approximate surface area is 413 Å². The highest BCUT2D eigenvalue weighted by atomic mass is 16.5. The first kappa shape index (κ1) is 51.4. The van der Waals surface area contributed by atoms with Crippen LogP contribution >= 0.6 is 0 Å². The fourth-order valence-electron chi connectivity index (χ4n) is 13.8. The molecule has 7 heterocycles. The van der Waals surface area contributed by atoms with Gasteiger partial charge in [-0.3, -0.25) is 46.2 Å². The summed E-state index contributed by atoms with van der Waals surface area (Å²) in [4.78, 5) is 21.4. The van der Waals surface area contributed by atoms with E-state index in [2.05, 4.69) is 97.7 Å². The normalized spacial score (nSPS) is 35.9. The van der Waals surface area contributed by atoms with Gasteiger partial charge in [-0.25, -0.2) is 5.01 Å². The SMILES string of the molecule is CCC1CNN2C(NCC3CCC(OCCOC4CCN(C5CN(C6NCC(C(=O)NC7C(C)(C)C(Oc8ccc(C#N)c(C)c8)C7(C)C)CN6)C5)CC4)NC3)CC(N3CCCC[C@H]3CCO)NC12. The topological polar surface area (TPSA) is 186 Å². The maximum Gasteiger partial charge on any atom is 0.225 e. The van der Waals surface area contributed by atoms with Gasteiger partial charge >= 0.3 is 0 Å². The van der Waals surface area contributed by atoms with E-state index in [1.807, 2.05) is 25.1 Å². The Morgan fingerprint density at radius 1 is 0.928 bits per heavy atom. The predicted octanol–water partition coefficient (Wildman–Crippen LogP) is 2.41. The van der Waals surface area contributed by atoms with Crippen LogP contribution in [0.15, 0.2) is 18.2 Å². The number of aliphatic hydroxyl groups excluding tert-OH is 1. The number of benzene rings is 1. The second-order valence-corrected chi connectivity index (χ2v) is 23.1. The smallest absolute Gasteiger partial charge is 0.225 e. The molecule has 1 aromatic carbocycles. The molecule has 8 N–H and O–H groups in total. The lowest BCUT2D eigenvalue weighted by atomic mass is 9.49. The summed E-state index contributed by atoms with van der Waals surface area (Å²) in [5, 5.41) is 44.0. The number of hydrogen-bond acceptors (Lipinski definition) is 16. The van der Waals surface area contributed by atoms with E-state index in [9.17, 15) is 15.2 Å². The van der Waals surface area contributed by atoms with Crippen molar-refractivity contribution in [2.75, 3.05) is 85.3 Å². The number of nitrogens with one attached hydrogen (secondary N) is 7. The predicted molar refractivity (Wildman–Crippen MR) is 266 cm³/mol. The van der Waals surface area contributed by atoms with E-state index in [0.717, 1.165) is 109 Å². The largest absolute Gasteiger partial charge is 0.489 e. The first-order valence-corrected chi connectivity index (χ1v) is 27.1. The molecule has 1 saturated carbocycles. The number of ether oxygens (including phenoxy) is 3. The molecule has 6 unspecified atom stereocenters. The second-order valence-electron chi connectivity index (χ2n) is 23.1. The molecule has 7 aliphatic heterocycles. The molecule has 1 aromatic rings. The molecule has 17 heteroatoms. The lowest BCUT2D eigenvalue weighted by molar-refractivity contribution is -0.175. The van der Waals surface area contributed by atoms with E-state index in [4.69, 9.17) is 14.2 Å². The zero-order valence-electron chi connectivity index (χ0n) is 42.8. The van der Waals surface area contributed by atoms with Crippen molar-refractivity contribution < 1.29 is 24.1 Å². The van der Waals surface area contributed by atoms with Crippen molar-refractivity contribution in [1.82, 2.24) is 57.0 Å². The number of nitrogens with zero attached hydrogens (tertiary/aromatic N) is 5. The average Bonchev–Trinajstić information content (AvgIpc) is 3.77. The van der Waals surface area contributed by atoms with Gasteiger partial charge in [0, 0.05) is 107 Å². The number of carbonyl (C=O) groups is 1. The van der Waals surface area contributed by atoms with Crippen LogP contribution in [-0.2, 0) is 14.3 Å². The number of piperidine rings is 3. The maximum atomic E-state index is 13.6. The lowest BCUT2D eigenvalue weighted by Crippen LogP contribution is -2.76. The van der Waals surface area contributed by atoms with Gasteiger partial charge in [-0.2, -0.15) is 5.26 Å². The van der Waals surface area contributed by atoms with Crippen molar-refractivity contribution in [1.29, 1.82) is 5.26 Å². The van der Waals surface area contributed by atoms with Crippen LogP contribution in [0.3, 0.4) is 0 Å². The van der Waals surface area contributed by atoms with Crippen LogP contribution in [0.4, 0.5) is 0 Å². The average molecular weight is 961 g/mol. The highest BCUT2D eigenvalue weighted by Gasteiger charge is 2.64. The minimum atomic E-state index is -0.258. The number of aryl methyl sites for hydroxylation is 1. The van der Waals surface area contributed by atoms with Crippen LogP contribution in [0, 0.1) is 46.8 Å². The van der Waals surface area contributed by atoms with Crippen molar-refractivity contribution in [3.63, 3.8) is 0 Å². The van der Waals surface area contributed by atoms with Gasteiger partial charge in [0.05, 0.1) is 55.4 Å². The minimum absolute atomic E-state index is 0.0255. The maximum absolute atomic E-state index is 13.6. The molecule has 386 valence electrons. The van der Waals surface area contributed by atoms with Crippen LogP contribution in [-0.4, -0.2) is 177 Å². The van der Waals surface area contributed by atoms with Gasteiger partial charge < -0.3 is 30.0 Å². The van der Waals surface area contributed by atoms with E-state index in [0.29, 0.717) is 74.2 Å². The summed E-state index contributed by atoms with van der Waals surface area (Å²) in [6, 6.07) is 8.85. The van der Waals surface area contributed by atoms with Crippen LogP contribution in [0.25, 0.3) is 0 Å². The summed E-state index contributed by atoms with van der Waals surface area (Å²) in [7, 11) is 0.